The summed E-state index contributed by atoms with van der Waals surface area (Å²) in [5, 5.41) is 5.27. The van der Waals surface area contributed by atoms with E-state index in [-0.39, 0.29) is 18.9 Å². The number of hydrogen-bond donors (Lipinski definition) is 2. The Morgan fingerprint density at radius 1 is 1.00 bits per heavy atom. The summed E-state index contributed by atoms with van der Waals surface area (Å²) in [4.78, 5) is 38.0. The fourth-order valence-electron chi connectivity index (χ4n) is 2.85. The van der Waals surface area contributed by atoms with E-state index in [4.69, 9.17) is 9.47 Å². The number of nitrogens with one attached hydrogen (secondary N) is 2. The zero-order valence-electron chi connectivity index (χ0n) is 15.6. The normalized spacial score (nSPS) is 15.9. The molecule has 2 N–H and O–H groups in total. The molecular weight excluding hydrogens is 362 g/mol. The summed E-state index contributed by atoms with van der Waals surface area (Å²) in [5.74, 6) is 0.570. The van der Waals surface area contributed by atoms with E-state index in [1.165, 1.54) is 0 Å². The van der Waals surface area contributed by atoms with Crippen molar-refractivity contribution in [3.05, 3.63) is 54.1 Å². The van der Waals surface area contributed by atoms with Crippen molar-refractivity contribution in [2.45, 2.75) is 19.0 Å². The molecule has 8 heteroatoms. The molecular formula is C20H21N3O5. The van der Waals surface area contributed by atoms with E-state index < -0.39 is 18.0 Å². The summed E-state index contributed by atoms with van der Waals surface area (Å²) in [6.07, 6.45) is -0.143. The molecule has 1 heterocycles. The van der Waals surface area contributed by atoms with Crippen LogP contribution in [0.15, 0.2) is 48.5 Å². The maximum atomic E-state index is 12.5. The van der Waals surface area contributed by atoms with E-state index in [0.29, 0.717) is 17.2 Å². The van der Waals surface area contributed by atoms with Crippen LogP contribution >= 0.6 is 0 Å². The Morgan fingerprint density at radius 3 is 2.14 bits per heavy atom. The van der Waals surface area contributed by atoms with Crippen molar-refractivity contribution >= 4 is 23.5 Å². The van der Waals surface area contributed by atoms with Crippen LogP contribution in [-0.2, 0) is 16.1 Å². The highest BCUT2D eigenvalue weighted by atomic mass is 16.5. The lowest BCUT2D eigenvalue weighted by Gasteiger charge is -2.13. The van der Waals surface area contributed by atoms with Crippen molar-refractivity contribution in [3.8, 4) is 11.5 Å². The standard InChI is InChI=1S/C20H21N3O5/c1-27-15-7-3-13(4-8-15)12-23-19(25)17(22-20(23)26)11-18(24)21-14-5-9-16(28-2)10-6-14/h3-10,17H,11-12H2,1-2H3,(H,21,24)(H,22,26)/t17-/m0/s1. The number of rotatable bonds is 7. The molecule has 1 saturated heterocycles. The molecule has 2 aromatic carbocycles. The van der Waals surface area contributed by atoms with Gasteiger partial charge in [0, 0.05) is 5.69 Å². The fraction of sp³-hybridized carbons (Fsp3) is 0.250. The van der Waals surface area contributed by atoms with Crippen LogP contribution in [0.1, 0.15) is 12.0 Å². The first-order valence-electron chi connectivity index (χ1n) is 8.69. The molecule has 3 rings (SSSR count). The van der Waals surface area contributed by atoms with Gasteiger partial charge in [0.1, 0.15) is 17.5 Å². The van der Waals surface area contributed by atoms with Crippen molar-refractivity contribution in [2.24, 2.45) is 0 Å². The van der Waals surface area contributed by atoms with Gasteiger partial charge >= 0.3 is 6.03 Å². The highest BCUT2D eigenvalue weighted by molar-refractivity contribution is 6.06. The van der Waals surface area contributed by atoms with Gasteiger partial charge in [0.25, 0.3) is 5.91 Å². The summed E-state index contributed by atoms with van der Waals surface area (Å²) < 4.78 is 10.2. The Kier molecular flexibility index (Phi) is 5.78. The van der Waals surface area contributed by atoms with Gasteiger partial charge < -0.3 is 20.1 Å². The van der Waals surface area contributed by atoms with Gasteiger partial charge in [-0.2, -0.15) is 0 Å². The van der Waals surface area contributed by atoms with Crippen molar-refractivity contribution in [2.75, 3.05) is 19.5 Å². The second-order valence-electron chi connectivity index (χ2n) is 6.26. The number of nitrogens with zero attached hydrogens (tertiary/aromatic N) is 1. The number of anilines is 1. The van der Waals surface area contributed by atoms with Gasteiger partial charge in [-0.15, -0.1) is 0 Å². The molecule has 146 valence electrons. The first-order chi connectivity index (χ1) is 13.5. The van der Waals surface area contributed by atoms with E-state index in [0.717, 1.165) is 10.5 Å². The van der Waals surface area contributed by atoms with Crippen LogP contribution in [0.3, 0.4) is 0 Å². The molecule has 1 atom stereocenters. The summed E-state index contributed by atoms with van der Waals surface area (Å²) in [7, 11) is 3.12. The molecule has 0 aromatic heterocycles. The van der Waals surface area contributed by atoms with Crippen LogP contribution in [0.25, 0.3) is 0 Å². The summed E-state index contributed by atoms with van der Waals surface area (Å²) in [6, 6.07) is 12.5. The SMILES string of the molecule is COc1ccc(CN2C(=O)N[C@@H](CC(=O)Nc3ccc(OC)cc3)C2=O)cc1. The van der Waals surface area contributed by atoms with Crippen LogP contribution in [0, 0.1) is 0 Å². The zero-order valence-corrected chi connectivity index (χ0v) is 15.6. The Labute approximate surface area is 162 Å². The average Bonchev–Trinajstić information content (AvgIpc) is 2.96. The minimum atomic E-state index is -0.885. The van der Waals surface area contributed by atoms with Gasteiger partial charge in [0.2, 0.25) is 5.91 Å². The molecule has 2 aromatic rings. The number of carbonyl (C=O) groups excluding carboxylic acids is 3. The molecule has 0 radical (unpaired) electrons. The third-order valence-corrected chi connectivity index (χ3v) is 4.37. The van der Waals surface area contributed by atoms with E-state index in [2.05, 4.69) is 10.6 Å². The minimum absolute atomic E-state index is 0.130. The Bertz CT molecular complexity index is 864. The fourth-order valence-corrected chi connectivity index (χ4v) is 2.85. The number of carbonyl (C=O) groups is 3. The number of hydrogen-bond acceptors (Lipinski definition) is 5. The molecule has 0 spiro atoms. The monoisotopic (exact) mass is 383 g/mol. The van der Waals surface area contributed by atoms with Crippen LogP contribution in [0.4, 0.5) is 10.5 Å². The van der Waals surface area contributed by atoms with Crippen molar-refractivity contribution in [1.82, 2.24) is 10.2 Å². The third-order valence-electron chi connectivity index (χ3n) is 4.37. The molecule has 0 saturated carbocycles. The van der Waals surface area contributed by atoms with Crippen molar-refractivity contribution < 1.29 is 23.9 Å². The number of benzene rings is 2. The third kappa shape index (κ3) is 4.40. The van der Waals surface area contributed by atoms with Gasteiger partial charge in [0.15, 0.2) is 0 Å². The maximum Gasteiger partial charge on any atom is 0.325 e. The van der Waals surface area contributed by atoms with Crippen LogP contribution in [0.5, 0.6) is 11.5 Å². The highest BCUT2D eigenvalue weighted by Gasteiger charge is 2.38. The lowest BCUT2D eigenvalue weighted by molar-refractivity contribution is -0.130. The van der Waals surface area contributed by atoms with Crippen LogP contribution < -0.4 is 20.1 Å². The van der Waals surface area contributed by atoms with Gasteiger partial charge in [-0.1, -0.05) is 12.1 Å². The van der Waals surface area contributed by atoms with E-state index in [9.17, 15) is 14.4 Å². The first-order valence-corrected chi connectivity index (χ1v) is 8.69. The smallest absolute Gasteiger partial charge is 0.325 e. The van der Waals surface area contributed by atoms with E-state index in [1.807, 2.05) is 0 Å². The van der Waals surface area contributed by atoms with Gasteiger partial charge in [-0.05, 0) is 42.0 Å². The number of ether oxygens (including phenoxy) is 2. The first kappa shape index (κ1) is 19.2. The molecule has 1 aliphatic heterocycles. The summed E-state index contributed by atoms with van der Waals surface area (Å²) >= 11 is 0. The predicted octanol–water partition coefficient (Wildman–Crippen LogP) is 2.15. The van der Waals surface area contributed by atoms with E-state index in [1.54, 1.807) is 62.8 Å². The maximum absolute atomic E-state index is 12.5. The van der Waals surface area contributed by atoms with Crippen molar-refractivity contribution in [1.29, 1.82) is 0 Å². The zero-order chi connectivity index (χ0) is 20.1. The lowest BCUT2D eigenvalue weighted by atomic mass is 10.1. The second-order valence-corrected chi connectivity index (χ2v) is 6.26. The van der Waals surface area contributed by atoms with Gasteiger partial charge in [-0.3, -0.25) is 14.5 Å². The molecule has 8 nitrogen and oxygen atoms in total. The summed E-state index contributed by atoms with van der Waals surface area (Å²) in [5.41, 5.74) is 1.37. The summed E-state index contributed by atoms with van der Waals surface area (Å²) in [6.45, 7) is 0.130. The quantitative estimate of drug-likeness (QED) is 0.714. The lowest BCUT2D eigenvalue weighted by Crippen LogP contribution is -2.34. The molecule has 0 unspecified atom stereocenters. The molecule has 28 heavy (non-hydrogen) atoms. The second kappa shape index (κ2) is 8.43. The number of imide groups is 1. The van der Waals surface area contributed by atoms with Crippen LogP contribution in [-0.4, -0.2) is 43.0 Å². The van der Waals surface area contributed by atoms with Crippen LogP contribution in [0.2, 0.25) is 0 Å². The predicted molar refractivity (Wildman–Crippen MR) is 102 cm³/mol. The van der Waals surface area contributed by atoms with Gasteiger partial charge in [-0.25, -0.2) is 4.79 Å². The molecule has 0 aliphatic carbocycles. The minimum Gasteiger partial charge on any atom is -0.497 e. The van der Waals surface area contributed by atoms with Gasteiger partial charge in [0.05, 0.1) is 27.2 Å². The molecule has 1 fully saturated rings. The topological polar surface area (TPSA) is 97.0 Å². The molecule has 4 amide bonds. The largest absolute Gasteiger partial charge is 0.497 e. The average molecular weight is 383 g/mol. The van der Waals surface area contributed by atoms with Crippen molar-refractivity contribution in [3.63, 3.8) is 0 Å². The Balaban J connectivity index is 1.58. The number of amides is 4. The Morgan fingerprint density at radius 2 is 1.57 bits per heavy atom. The highest BCUT2D eigenvalue weighted by Crippen LogP contribution is 2.18. The number of methoxy groups -OCH3 is 2. The Hall–Kier alpha value is -3.55. The van der Waals surface area contributed by atoms with E-state index >= 15 is 0 Å². The molecule has 1 aliphatic rings. The number of urea groups is 1. The molecule has 0 bridgehead atoms.